The molecule has 0 aromatic carbocycles. The fourth-order valence-corrected chi connectivity index (χ4v) is 1.43. The van der Waals surface area contributed by atoms with Crippen molar-refractivity contribution in [2.75, 3.05) is 0 Å². The highest BCUT2D eigenvalue weighted by molar-refractivity contribution is 5.78. The van der Waals surface area contributed by atoms with E-state index in [4.69, 9.17) is 16.0 Å². The maximum Gasteiger partial charge on any atom is 0.214 e. The average Bonchev–Trinajstić information content (AvgIpc) is 2.92. The molecule has 0 atom stereocenters. The molecule has 0 aliphatic heterocycles. The maximum absolute atomic E-state index is 5.68. The van der Waals surface area contributed by atoms with Crippen LogP contribution in [0.25, 0.3) is 0 Å². The Labute approximate surface area is 82.3 Å². The number of guanidine groups is 1. The molecule has 0 saturated heterocycles. The van der Waals surface area contributed by atoms with Gasteiger partial charge in [0.25, 0.3) is 0 Å². The van der Waals surface area contributed by atoms with Crippen molar-refractivity contribution in [3.63, 3.8) is 0 Å². The van der Waals surface area contributed by atoms with E-state index in [1.165, 1.54) is 0 Å². The number of hydrogen-bond donors (Lipinski definition) is 2. The molecule has 1 fully saturated rings. The molecular weight excluding hydrogens is 180 g/mol. The van der Waals surface area contributed by atoms with Gasteiger partial charge >= 0.3 is 0 Å². The van der Waals surface area contributed by atoms with Crippen LogP contribution < -0.4 is 11.6 Å². The van der Waals surface area contributed by atoms with Crippen molar-refractivity contribution in [3.8, 4) is 0 Å². The molecule has 1 aromatic heterocycles. The van der Waals surface area contributed by atoms with E-state index in [0.717, 1.165) is 18.6 Å². The molecule has 1 heterocycles. The summed E-state index contributed by atoms with van der Waals surface area (Å²) in [4.78, 5) is 1.97. The summed E-state index contributed by atoms with van der Waals surface area (Å²) in [5.74, 6) is 6.42. The highest BCUT2D eigenvalue weighted by Crippen LogP contribution is 2.27. The number of nitrogens with two attached hydrogens (primary N) is 2. The van der Waals surface area contributed by atoms with Gasteiger partial charge in [-0.2, -0.15) is 0 Å². The first kappa shape index (κ1) is 8.93. The molecule has 76 valence electrons. The molecule has 0 bridgehead atoms. The smallest absolute Gasteiger partial charge is 0.214 e. The fraction of sp³-hybridized carbons (Fsp3) is 0.444. The van der Waals surface area contributed by atoms with Crippen LogP contribution in [0.3, 0.4) is 0 Å². The Bertz CT molecular complexity index is 316. The molecule has 0 amide bonds. The van der Waals surface area contributed by atoms with Gasteiger partial charge in [0.05, 0.1) is 12.8 Å². The van der Waals surface area contributed by atoms with Crippen LogP contribution in [0.4, 0.5) is 0 Å². The van der Waals surface area contributed by atoms with E-state index >= 15 is 0 Å². The molecule has 1 aliphatic rings. The van der Waals surface area contributed by atoms with Gasteiger partial charge in [0.2, 0.25) is 5.96 Å². The Hall–Kier alpha value is -1.65. The predicted molar refractivity (Wildman–Crippen MR) is 53.1 cm³/mol. The molecule has 5 heteroatoms. The van der Waals surface area contributed by atoms with Gasteiger partial charge in [0, 0.05) is 6.04 Å². The SMILES string of the molecule is N/N=C(/N)N(Cc1ccco1)C1CC1. The van der Waals surface area contributed by atoms with Gasteiger partial charge in [0.1, 0.15) is 5.76 Å². The Morgan fingerprint density at radius 2 is 2.43 bits per heavy atom. The first-order chi connectivity index (χ1) is 6.81. The highest BCUT2D eigenvalue weighted by Gasteiger charge is 2.30. The molecule has 0 unspecified atom stereocenters. The summed E-state index contributed by atoms with van der Waals surface area (Å²) in [7, 11) is 0. The van der Waals surface area contributed by atoms with Gasteiger partial charge < -0.3 is 20.9 Å². The molecule has 1 aromatic rings. The van der Waals surface area contributed by atoms with Gasteiger partial charge in [-0.25, -0.2) is 0 Å². The van der Waals surface area contributed by atoms with E-state index in [9.17, 15) is 0 Å². The van der Waals surface area contributed by atoms with Crippen molar-refractivity contribution >= 4 is 5.96 Å². The number of hydrazone groups is 1. The van der Waals surface area contributed by atoms with Crippen molar-refractivity contribution in [2.24, 2.45) is 16.7 Å². The summed E-state index contributed by atoms with van der Waals surface area (Å²) in [6, 6.07) is 4.25. The molecule has 14 heavy (non-hydrogen) atoms. The molecule has 1 saturated carbocycles. The topological polar surface area (TPSA) is 80.8 Å². The second-order valence-electron chi connectivity index (χ2n) is 3.43. The summed E-state index contributed by atoms with van der Waals surface area (Å²) in [5, 5.41) is 3.51. The zero-order chi connectivity index (χ0) is 9.97. The molecule has 2 rings (SSSR count). The van der Waals surface area contributed by atoms with Crippen LogP contribution in [0.1, 0.15) is 18.6 Å². The van der Waals surface area contributed by atoms with Crippen LogP contribution >= 0.6 is 0 Å². The highest BCUT2D eigenvalue weighted by atomic mass is 16.3. The van der Waals surface area contributed by atoms with Crippen molar-refractivity contribution < 1.29 is 4.42 Å². The van der Waals surface area contributed by atoms with Crippen LogP contribution in [0.2, 0.25) is 0 Å². The van der Waals surface area contributed by atoms with Crippen LogP contribution in [0.5, 0.6) is 0 Å². The third kappa shape index (κ3) is 1.81. The van der Waals surface area contributed by atoms with Crippen molar-refractivity contribution in [3.05, 3.63) is 24.2 Å². The lowest BCUT2D eigenvalue weighted by Gasteiger charge is -2.21. The van der Waals surface area contributed by atoms with Gasteiger partial charge in [-0.05, 0) is 25.0 Å². The molecular formula is C9H14N4O. The Kier molecular flexibility index (Phi) is 2.30. The van der Waals surface area contributed by atoms with Crippen molar-refractivity contribution in [2.45, 2.75) is 25.4 Å². The van der Waals surface area contributed by atoms with E-state index in [-0.39, 0.29) is 0 Å². The average molecular weight is 194 g/mol. The largest absolute Gasteiger partial charge is 0.467 e. The maximum atomic E-state index is 5.68. The number of nitrogens with zero attached hydrogens (tertiary/aromatic N) is 2. The normalized spacial score (nSPS) is 17.0. The number of hydrogen-bond acceptors (Lipinski definition) is 3. The Morgan fingerprint density at radius 1 is 1.64 bits per heavy atom. The summed E-state index contributed by atoms with van der Waals surface area (Å²) >= 11 is 0. The lowest BCUT2D eigenvalue weighted by molar-refractivity contribution is 0.349. The monoisotopic (exact) mass is 194 g/mol. The first-order valence-electron chi connectivity index (χ1n) is 4.63. The summed E-state index contributed by atoms with van der Waals surface area (Å²) < 4.78 is 5.24. The fourth-order valence-electron chi connectivity index (χ4n) is 1.43. The van der Waals surface area contributed by atoms with Gasteiger partial charge in [0.15, 0.2) is 0 Å². The molecule has 0 spiro atoms. The molecule has 1 aliphatic carbocycles. The third-order valence-corrected chi connectivity index (χ3v) is 2.32. The van der Waals surface area contributed by atoms with E-state index in [1.54, 1.807) is 6.26 Å². The van der Waals surface area contributed by atoms with E-state index < -0.39 is 0 Å². The Balaban J connectivity index is 2.04. The van der Waals surface area contributed by atoms with Crippen molar-refractivity contribution in [1.29, 1.82) is 0 Å². The van der Waals surface area contributed by atoms with Gasteiger partial charge in [-0.15, -0.1) is 5.10 Å². The third-order valence-electron chi connectivity index (χ3n) is 2.32. The predicted octanol–water partition coefficient (Wildman–Crippen LogP) is 0.432. The van der Waals surface area contributed by atoms with E-state index in [2.05, 4.69) is 5.10 Å². The minimum Gasteiger partial charge on any atom is -0.467 e. The molecule has 0 radical (unpaired) electrons. The molecule has 4 N–H and O–H groups in total. The van der Waals surface area contributed by atoms with Crippen LogP contribution in [0, 0.1) is 0 Å². The summed E-state index contributed by atoms with van der Waals surface area (Å²) in [5.41, 5.74) is 5.68. The van der Waals surface area contributed by atoms with Crippen molar-refractivity contribution in [1.82, 2.24) is 4.90 Å². The molecule has 5 nitrogen and oxygen atoms in total. The minimum absolute atomic E-state index is 0.379. The number of rotatable bonds is 3. The van der Waals surface area contributed by atoms with Gasteiger partial charge in [-0.3, -0.25) is 0 Å². The minimum atomic E-state index is 0.379. The van der Waals surface area contributed by atoms with E-state index in [1.807, 2.05) is 17.0 Å². The number of furan rings is 1. The Morgan fingerprint density at radius 3 is 2.93 bits per heavy atom. The van der Waals surface area contributed by atoms with Crippen LogP contribution in [-0.4, -0.2) is 16.9 Å². The van der Waals surface area contributed by atoms with Crippen LogP contribution in [0.15, 0.2) is 27.9 Å². The lowest BCUT2D eigenvalue weighted by Crippen LogP contribution is -2.39. The second-order valence-corrected chi connectivity index (χ2v) is 3.43. The zero-order valence-corrected chi connectivity index (χ0v) is 7.89. The standard InChI is InChI=1S/C9H14N4O/c10-9(12-11)13(7-3-4-7)6-8-2-1-5-14-8/h1-2,5,7H,3-4,6,11H2,(H2,10,12). The second kappa shape index (κ2) is 3.61. The van der Waals surface area contributed by atoms with Crippen LogP contribution in [-0.2, 0) is 6.54 Å². The van der Waals surface area contributed by atoms with Gasteiger partial charge in [-0.1, -0.05) is 0 Å². The lowest BCUT2D eigenvalue weighted by atomic mass is 10.4. The summed E-state index contributed by atoms with van der Waals surface area (Å²) in [6.45, 7) is 0.643. The van der Waals surface area contributed by atoms with E-state index in [0.29, 0.717) is 18.5 Å². The summed E-state index contributed by atoms with van der Waals surface area (Å²) in [6.07, 6.45) is 3.95. The first-order valence-corrected chi connectivity index (χ1v) is 4.63. The quantitative estimate of drug-likeness (QED) is 0.316. The zero-order valence-electron chi connectivity index (χ0n) is 7.89.